The normalized spacial score (nSPS) is 13.3. The Morgan fingerprint density at radius 1 is 0.343 bits per heavy atom. The second-order valence-electron chi connectivity index (χ2n) is 17.9. The smallest absolute Gasteiger partial charge is 0.140 e. The molecule has 11 aromatic carbocycles. The van der Waals surface area contributed by atoms with Crippen LogP contribution in [-0.2, 0) is 5.41 Å². The van der Waals surface area contributed by atoms with Crippen molar-refractivity contribution in [2.75, 3.05) is 4.90 Å². The molecular formula is C63H37NO2S. The first-order chi connectivity index (χ1) is 33.2. The maximum Gasteiger partial charge on any atom is 0.140 e. The standard InChI is InChI=1S/C63H37NO2S/c1-3-13-45-39(11-1)23-31-55-61(45)66-62-46-14-4-2-12-40(46)24-32-56(62)63(55)53-18-8-5-15-47(53)50-35-41(25-30-54(50)63)38-21-26-42(27-22-38)64(43-28-33-58-51(36-43)48-16-6-9-19-57(48)65-58)44-29-34-60-52(37-44)49-17-7-10-20-59(49)67-60/h1-37H. The summed E-state index contributed by atoms with van der Waals surface area (Å²) < 4.78 is 16.0. The van der Waals surface area contributed by atoms with Crippen molar-refractivity contribution in [2.24, 2.45) is 0 Å². The number of fused-ring (bicyclic) bond motifs is 19. The van der Waals surface area contributed by atoms with Crippen LogP contribution in [0.5, 0.6) is 11.5 Å². The molecule has 0 saturated heterocycles. The quantitative estimate of drug-likeness (QED) is 0.176. The molecule has 15 rings (SSSR count). The van der Waals surface area contributed by atoms with Crippen molar-refractivity contribution in [3.8, 4) is 33.8 Å². The van der Waals surface area contributed by atoms with Crippen LogP contribution in [0.15, 0.2) is 229 Å². The summed E-state index contributed by atoms with van der Waals surface area (Å²) in [5.41, 5.74) is 14.2. The van der Waals surface area contributed by atoms with Gasteiger partial charge in [0, 0.05) is 69.9 Å². The minimum Gasteiger partial charge on any atom is -0.456 e. The summed E-state index contributed by atoms with van der Waals surface area (Å²) >= 11 is 1.85. The number of anilines is 3. The van der Waals surface area contributed by atoms with Crippen molar-refractivity contribution in [1.82, 2.24) is 0 Å². The second kappa shape index (κ2) is 13.8. The Kier molecular flexibility index (Phi) is 7.58. The fourth-order valence-electron chi connectivity index (χ4n) is 11.5. The summed E-state index contributed by atoms with van der Waals surface area (Å²) in [5.74, 6) is 1.86. The second-order valence-corrected chi connectivity index (χ2v) is 19.0. The van der Waals surface area contributed by atoms with Crippen molar-refractivity contribution in [3.05, 3.63) is 247 Å². The molecule has 0 bridgehead atoms. The number of hydrogen-bond acceptors (Lipinski definition) is 4. The van der Waals surface area contributed by atoms with Gasteiger partial charge in [-0.15, -0.1) is 11.3 Å². The number of para-hydroxylation sites is 1. The van der Waals surface area contributed by atoms with Crippen molar-refractivity contribution in [3.63, 3.8) is 0 Å². The van der Waals surface area contributed by atoms with Gasteiger partial charge in [-0.2, -0.15) is 0 Å². The maximum atomic E-state index is 7.17. The van der Waals surface area contributed by atoms with Gasteiger partial charge in [0.05, 0.1) is 5.41 Å². The Bertz CT molecular complexity index is 4020. The molecule has 2 aromatic heterocycles. The van der Waals surface area contributed by atoms with Gasteiger partial charge in [0.2, 0.25) is 0 Å². The third-order valence-electron chi connectivity index (χ3n) is 14.5. The summed E-state index contributed by atoms with van der Waals surface area (Å²) in [5, 5.41) is 9.34. The Morgan fingerprint density at radius 2 is 0.896 bits per heavy atom. The first-order valence-electron chi connectivity index (χ1n) is 22.9. The number of nitrogens with zero attached hydrogens (tertiary/aromatic N) is 1. The molecule has 1 aliphatic carbocycles. The molecule has 0 atom stereocenters. The SMILES string of the molecule is c1ccc2c(c1)-c1cc(-c3ccc(N(c4ccc5oc6ccccc6c5c4)c4ccc5sc6ccccc6c5c4)cc3)ccc1C21c2ccc3ccccc3c2Oc2c1ccc1ccccc21. The molecule has 67 heavy (non-hydrogen) atoms. The summed E-state index contributed by atoms with van der Waals surface area (Å²) in [6, 6.07) is 82.1. The average Bonchev–Trinajstić information content (AvgIpc) is 4.05. The fourth-order valence-corrected chi connectivity index (χ4v) is 12.6. The monoisotopic (exact) mass is 871 g/mol. The third kappa shape index (κ3) is 5.16. The molecular weight excluding hydrogens is 835 g/mol. The van der Waals surface area contributed by atoms with Crippen LogP contribution < -0.4 is 9.64 Å². The van der Waals surface area contributed by atoms with Gasteiger partial charge in [0.25, 0.3) is 0 Å². The molecule has 1 spiro atoms. The zero-order valence-corrected chi connectivity index (χ0v) is 36.9. The third-order valence-corrected chi connectivity index (χ3v) is 15.7. The van der Waals surface area contributed by atoms with Gasteiger partial charge in [-0.25, -0.2) is 0 Å². The van der Waals surface area contributed by atoms with Crippen molar-refractivity contribution < 1.29 is 9.15 Å². The maximum absolute atomic E-state index is 7.17. The van der Waals surface area contributed by atoms with E-state index in [1.807, 2.05) is 23.5 Å². The highest BCUT2D eigenvalue weighted by Gasteiger charge is 2.51. The van der Waals surface area contributed by atoms with E-state index in [1.54, 1.807) is 0 Å². The highest BCUT2D eigenvalue weighted by atomic mass is 32.1. The predicted octanol–water partition coefficient (Wildman–Crippen LogP) is 17.9. The zero-order chi connectivity index (χ0) is 43.8. The van der Waals surface area contributed by atoms with E-state index in [0.717, 1.165) is 66.8 Å². The van der Waals surface area contributed by atoms with Crippen LogP contribution in [0.2, 0.25) is 0 Å². The zero-order valence-electron chi connectivity index (χ0n) is 36.0. The summed E-state index contributed by atoms with van der Waals surface area (Å²) in [6.07, 6.45) is 0. The average molecular weight is 872 g/mol. The molecule has 4 heteroatoms. The Labute approximate surface area is 390 Å². The Balaban J connectivity index is 0.898. The van der Waals surface area contributed by atoms with Gasteiger partial charge in [-0.05, 0) is 111 Å². The van der Waals surface area contributed by atoms with Crippen LogP contribution in [0.3, 0.4) is 0 Å². The lowest BCUT2D eigenvalue weighted by Gasteiger charge is -2.40. The van der Waals surface area contributed by atoms with E-state index >= 15 is 0 Å². The van der Waals surface area contributed by atoms with E-state index in [4.69, 9.17) is 9.15 Å². The van der Waals surface area contributed by atoms with Crippen LogP contribution >= 0.6 is 11.3 Å². The molecule has 0 saturated carbocycles. The van der Waals surface area contributed by atoms with Gasteiger partial charge in [-0.3, -0.25) is 0 Å². The minimum absolute atomic E-state index is 0.581. The first-order valence-corrected chi connectivity index (χ1v) is 23.7. The number of ether oxygens (including phenoxy) is 1. The number of benzene rings is 11. The van der Waals surface area contributed by atoms with Crippen LogP contribution in [0.4, 0.5) is 17.1 Å². The van der Waals surface area contributed by atoms with Crippen molar-refractivity contribution in [1.29, 1.82) is 0 Å². The Morgan fingerprint density at radius 3 is 1.67 bits per heavy atom. The summed E-state index contributed by atoms with van der Waals surface area (Å²) in [7, 11) is 0. The van der Waals surface area contributed by atoms with E-state index in [2.05, 4.69) is 217 Å². The largest absolute Gasteiger partial charge is 0.456 e. The molecule has 3 heterocycles. The highest BCUT2D eigenvalue weighted by molar-refractivity contribution is 7.25. The number of hydrogen-bond donors (Lipinski definition) is 0. The minimum atomic E-state index is -0.581. The molecule has 0 N–H and O–H groups in total. The molecule has 0 amide bonds. The van der Waals surface area contributed by atoms with Crippen LogP contribution in [0.1, 0.15) is 22.3 Å². The van der Waals surface area contributed by atoms with Crippen molar-refractivity contribution >= 4 is 92.1 Å². The van der Waals surface area contributed by atoms with E-state index in [0.29, 0.717) is 0 Å². The summed E-state index contributed by atoms with van der Waals surface area (Å²) in [4.78, 5) is 2.38. The Hall–Kier alpha value is -8.44. The van der Waals surface area contributed by atoms with Crippen LogP contribution in [0.25, 0.3) is 85.9 Å². The fraction of sp³-hybridized carbons (Fsp3) is 0.0159. The number of thiophene rings is 1. The van der Waals surface area contributed by atoms with E-state index in [1.165, 1.54) is 69.9 Å². The molecule has 3 nitrogen and oxygen atoms in total. The molecule has 0 radical (unpaired) electrons. The van der Waals surface area contributed by atoms with Gasteiger partial charge in [0.15, 0.2) is 0 Å². The molecule has 0 fully saturated rings. The first kappa shape index (κ1) is 36.9. The van der Waals surface area contributed by atoms with E-state index < -0.39 is 5.41 Å². The van der Waals surface area contributed by atoms with Crippen LogP contribution in [0, 0.1) is 0 Å². The van der Waals surface area contributed by atoms with E-state index in [-0.39, 0.29) is 0 Å². The van der Waals surface area contributed by atoms with Gasteiger partial charge < -0.3 is 14.1 Å². The number of furan rings is 1. The molecule has 0 unspecified atom stereocenters. The lowest BCUT2D eigenvalue weighted by Crippen LogP contribution is -2.32. The van der Waals surface area contributed by atoms with E-state index in [9.17, 15) is 0 Å². The molecule has 1 aliphatic heterocycles. The summed E-state index contributed by atoms with van der Waals surface area (Å²) in [6.45, 7) is 0. The lowest BCUT2D eigenvalue weighted by molar-refractivity contribution is 0.447. The lowest BCUT2D eigenvalue weighted by atomic mass is 9.65. The topological polar surface area (TPSA) is 25.6 Å². The molecule has 312 valence electrons. The van der Waals surface area contributed by atoms with Gasteiger partial charge >= 0.3 is 0 Å². The van der Waals surface area contributed by atoms with Crippen molar-refractivity contribution in [2.45, 2.75) is 5.41 Å². The molecule has 13 aromatic rings. The van der Waals surface area contributed by atoms with Gasteiger partial charge in [-0.1, -0.05) is 158 Å². The predicted molar refractivity (Wildman–Crippen MR) is 279 cm³/mol. The molecule has 2 aliphatic rings. The van der Waals surface area contributed by atoms with Gasteiger partial charge in [0.1, 0.15) is 22.7 Å². The highest BCUT2D eigenvalue weighted by Crippen LogP contribution is 2.64. The van der Waals surface area contributed by atoms with Crippen LogP contribution in [-0.4, -0.2) is 0 Å². The number of rotatable bonds is 4.